The van der Waals surface area contributed by atoms with Crippen LogP contribution in [0.3, 0.4) is 0 Å². The van der Waals surface area contributed by atoms with Gasteiger partial charge in [-0.05, 0) is 18.6 Å². The van der Waals surface area contributed by atoms with Crippen LogP contribution in [0.2, 0.25) is 0 Å². The summed E-state index contributed by atoms with van der Waals surface area (Å²) < 4.78 is 27.7. The molecule has 1 N–H and O–H groups in total. The molecule has 1 heterocycles. The summed E-state index contributed by atoms with van der Waals surface area (Å²) in [6, 6.07) is 14.3. The maximum absolute atomic E-state index is 12.3. The number of amides is 1. The number of sulfone groups is 1. The van der Waals surface area contributed by atoms with Crippen LogP contribution in [0.25, 0.3) is 0 Å². The molecule has 1 fully saturated rings. The van der Waals surface area contributed by atoms with Crippen LogP contribution in [-0.4, -0.2) is 50.2 Å². The van der Waals surface area contributed by atoms with E-state index in [1.54, 1.807) is 24.3 Å². The zero-order valence-corrected chi connectivity index (χ0v) is 15.8. The number of hydrogen-bond donors (Lipinski definition) is 1. The van der Waals surface area contributed by atoms with Crippen molar-refractivity contribution in [3.8, 4) is 0 Å². The number of esters is 1. The van der Waals surface area contributed by atoms with E-state index in [1.165, 1.54) is 24.3 Å². The normalized spacial score (nSPS) is 17.6. The third-order valence-electron chi connectivity index (χ3n) is 4.35. The maximum atomic E-state index is 12.3. The maximum Gasteiger partial charge on any atom is 0.338 e. The Morgan fingerprint density at radius 1 is 0.929 bits per heavy atom. The monoisotopic (exact) mass is 401 g/mol. The first-order valence-electron chi connectivity index (χ1n) is 8.71. The average Bonchev–Trinajstić information content (AvgIpc) is 3.04. The van der Waals surface area contributed by atoms with Crippen LogP contribution >= 0.6 is 0 Å². The molecule has 0 bridgehead atoms. The molecule has 2 aromatic rings. The number of hydrogen-bond acceptors (Lipinski definition) is 6. The van der Waals surface area contributed by atoms with Gasteiger partial charge >= 0.3 is 5.97 Å². The Labute approximate surface area is 162 Å². The molecule has 3 rings (SSSR count). The summed E-state index contributed by atoms with van der Waals surface area (Å²) in [5.41, 5.74) is 1.19. The smallest absolute Gasteiger partial charge is 0.338 e. The van der Waals surface area contributed by atoms with Crippen LogP contribution in [0.15, 0.2) is 54.6 Å². The van der Waals surface area contributed by atoms with Gasteiger partial charge in [0.25, 0.3) is 5.91 Å². The fourth-order valence-electron chi connectivity index (χ4n) is 2.91. The summed E-state index contributed by atoms with van der Waals surface area (Å²) in [6.45, 7) is -0.500. The third-order valence-corrected chi connectivity index (χ3v) is 6.12. The van der Waals surface area contributed by atoms with E-state index in [2.05, 4.69) is 5.32 Å². The zero-order chi connectivity index (χ0) is 20.1. The highest BCUT2D eigenvalue weighted by Gasteiger charge is 2.29. The number of nitrogens with one attached hydrogen (secondary N) is 1. The lowest BCUT2D eigenvalue weighted by molar-refractivity contribution is -0.124. The molecule has 146 valence electrons. The van der Waals surface area contributed by atoms with E-state index in [0.29, 0.717) is 17.5 Å². The molecule has 0 unspecified atom stereocenters. The van der Waals surface area contributed by atoms with Crippen LogP contribution in [0.1, 0.15) is 32.7 Å². The molecule has 1 atom stereocenters. The van der Waals surface area contributed by atoms with Gasteiger partial charge in [0.2, 0.25) is 0 Å². The lowest BCUT2D eigenvalue weighted by Crippen LogP contribution is -2.38. The standard InChI is InChI=1S/C20H19NO6S/c22-18(21-17-10-11-28(25,26)13-17)12-27-20(24)16-8-6-15(7-9-16)19(23)14-4-2-1-3-5-14/h1-9,17H,10-13H2,(H,21,22)/t17-/m0/s1. The van der Waals surface area contributed by atoms with Crippen molar-refractivity contribution in [1.29, 1.82) is 0 Å². The molecular formula is C20H19NO6S. The molecule has 8 heteroatoms. The average molecular weight is 401 g/mol. The molecule has 1 aliphatic heterocycles. The Hall–Kier alpha value is -3.00. The molecule has 7 nitrogen and oxygen atoms in total. The number of carbonyl (C=O) groups excluding carboxylic acids is 3. The van der Waals surface area contributed by atoms with Gasteiger partial charge in [0.1, 0.15) is 0 Å². The van der Waals surface area contributed by atoms with Crippen LogP contribution in [0, 0.1) is 0 Å². The lowest BCUT2D eigenvalue weighted by Gasteiger charge is -2.11. The quantitative estimate of drug-likeness (QED) is 0.579. The van der Waals surface area contributed by atoms with Gasteiger partial charge in [-0.25, -0.2) is 13.2 Å². The van der Waals surface area contributed by atoms with Crippen molar-refractivity contribution in [3.63, 3.8) is 0 Å². The summed E-state index contributed by atoms with van der Waals surface area (Å²) in [6.07, 6.45) is 0.360. The van der Waals surface area contributed by atoms with Gasteiger partial charge < -0.3 is 10.1 Å². The Bertz CT molecular complexity index is 983. The lowest BCUT2D eigenvalue weighted by atomic mass is 10.0. The Balaban J connectivity index is 1.52. The summed E-state index contributed by atoms with van der Waals surface area (Å²) in [7, 11) is -3.10. The van der Waals surface area contributed by atoms with Crippen molar-refractivity contribution in [3.05, 3.63) is 71.3 Å². The Morgan fingerprint density at radius 3 is 2.14 bits per heavy atom. The number of ether oxygens (including phenoxy) is 1. The number of benzene rings is 2. The van der Waals surface area contributed by atoms with E-state index in [0.717, 1.165) is 0 Å². The fraction of sp³-hybridized carbons (Fsp3) is 0.250. The van der Waals surface area contributed by atoms with E-state index in [1.807, 2.05) is 6.07 Å². The third kappa shape index (κ3) is 5.04. The van der Waals surface area contributed by atoms with E-state index < -0.39 is 34.4 Å². The van der Waals surface area contributed by atoms with Gasteiger partial charge in [-0.2, -0.15) is 0 Å². The minimum atomic E-state index is -3.10. The Kier molecular flexibility index (Phi) is 5.89. The number of rotatable bonds is 6. The summed E-state index contributed by atoms with van der Waals surface area (Å²) in [5.74, 6) is -1.46. The summed E-state index contributed by atoms with van der Waals surface area (Å²) in [4.78, 5) is 36.2. The molecule has 0 radical (unpaired) electrons. The van der Waals surface area contributed by atoms with Crippen molar-refractivity contribution >= 4 is 27.5 Å². The Morgan fingerprint density at radius 2 is 1.54 bits per heavy atom. The molecule has 1 aliphatic rings. The van der Waals surface area contributed by atoms with Crippen LogP contribution in [0.5, 0.6) is 0 Å². The highest BCUT2D eigenvalue weighted by Crippen LogP contribution is 2.13. The van der Waals surface area contributed by atoms with Crippen molar-refractivity contribution in [2.45, 2.75) is 12.5 Å². The minimum Gasteiger partial charge on any atom is -0.452 e. The predicted molar refractivity (Wildman–Crippen MR) is 102 cm³/mol. The van der Waals surface area contributed by atoms with Crippen molar-refractivity contribution in [2.75, 3.05) is 18.1 Å². The summed E-state index contributed by atoms with van der Waals surface area (Å²) >= 11 is 0. The molecule has 28 heavy (non-hydrogen) atoms. The number of carbonyl (C=O) groups is 3. The van der Waals surface area contributed by atoms with Crippen molar-refractivity contribution in [1.82, 2.24) is 5.32 Å². The summed E-state index contributed by atoms with van der Waals surface area (Å²) in [5, 5.41) is 2.54. The first-order chi connectivity index (χ1) is 13.3. The first-order valence-corrected chi connectivity index (χ1v) is 10.5. The van der Waals surface area contributed by atoms with Crippen LogP contribution in [0.4, 0.5) is 0 Å². The molecule has 1 saturated heterocycles. The molecule has 0 aliphatic carbocycles. The van der Waals surface area contributed by atoms with Gasteiger partial charge in [0.15, 0.2) is 22.2 Å². The van der Waals surface area contributed by atoms with Gasteiger partial charge in [0.05, 0.1) is 17.1 Å². The topological polar surface area (TPSA) is 107 Å². The molecule has 1 amide bonds. The molecule has 0 spiro atoms. The highest BCUT2D eigenvalue weighted by molar-refractivity contribution is 7.91. The second-order valence-electron chi connectivity index (χ2n) is 6.52. The van der Waals surface area contributed by atoms with Gasteiger partial charge in [-0.3, -0.25) is 9.59 Å². The minimum absolute atomic E-state index is 0.0474. The number of ketones is 1. The fourth-order valence-corrected chi connectivity index (χ4v) is 4.58. The van der Waals surface area contributed by atoms with E-state index in [4.69, 9.17) is 4.74 Å². The van der Waals surface area contributed by atoms with E-state index >= 15 is 0 Å². The molecule has 2 aromatic carbocycles. The van der Waals surface area contributed by atoms with Gasteiger partial charge in [-0.1, -0.05) is 42.5 Å². The SMILES string of the molecule is O=C(COC(=O)c1ccc(C(=O)c2ccccc2)cc1)N[C@H]1CCS(=O)(=O)C1. The largest absolute Gasteiger partial charge is 0.452 e. The molecule has 0 saturated carbocycles. The predicted octanol–water partition coefficient (Wildman–Crippen LogP) is 1.38. The highest BCUT2D eigenvalue weighted by atomic mass is 32.2. The van der Waals surface area contributed by atoms with E-state index in [9.17, 15) is 22.8 Å². The zero-order valence-electron chi connectivity index (χ0n) is 15.0. The van der Waals surface area contributed by atoms with Crippen LogP contribution < -0.4 is 5.32 Å². The second kappa shape index (κ2) is 8.35. The molecular weight excluding hydrogens is 382 g/mol. The van der Waals surface area contributed by atoms with Gasteiger partial charge in [-0.15, -0.1) is 0 Å². The second-order valence-corrected chi connectivity index (χ2v) is 8.74. The van der Waals surface area contributed by atoms with Crippen LogP contribution in [-0.2, 0) is 19.4 Å². The first kappa shape index (κ1) is 19.8. The van der Waals surface area contributed by atoms with Crippen molar-refractivity contribution < 1.29 is 27.5 Å². The molecule has 0 aromatic heterocycles. The van der Waals surface area contributed by atoms with Crippen molar-refractivity contribution in [2.24, 2.45) is 0 Å². The van der Waals surface area contributed by atoms with Gasteiger partial charge in [0, 0.05) is 17.2 Å². The van der Waals surface area contributed by atoms with E-state index in [-0.39, 0.29) is 22.9 Å².